The van der Waals surface area contributed by atoms with Gasteiger partial charge in [-0.15, -0.1) is 0 Å². The van der Waals surface area contributed by atoms with Crippen LogP contribution in [-0.2, 0) is 9.16 Å². The van der Waals surface area contributed by atoms with Crippen molar-refractivity contribution >= 4 is 14.1 Å². The highest BCUT2D eigenvalue weighted by Crippen LogP contribution is 2.37. The number of nitrogens with one attached hydrogen (secondary N) is 1. The molecule has 0 bridgehead atoms. The summed E-state index contributed by atoms with van der Waals surface area (Å²) in [6, 6.07) is 7.47. The molecule has 1 unspecified atom stereocenters. The summed E-state index contributed by atoms with van der Waals surface area (Å²) >= 11 is 0. The quantitative estimate of drug-likeness (QED) is 0.261. The van der Waals surface area contributed by atoms with Gasteiger partial charge in [0, 0.05) is 25.3 Å². The first-order valence-corrected chi connectivity index (χ1v) is 16.8. The summed E-state index contributed by atoms with van der Waals surface area (Å²) in [4.78, 5) is 9.24. The van der Waals surface area contributed by atoms with E-state index in [4.69, 9.17) is 18.4 Å². The van der Waals surface area contributed by atoms with E-state index in [2.05, 4.69) is 61.2 Å². The second-order valence-electron chi connectivity index (χ2n) is 12.0. The minimum atomic E-state index is -1.97. The van der Waals surface area contributed by atoms with Crippen molar-refractivity contribution in [1.29, 1.82) is 0 Å². The van der Waals surface area contributed by atoms with Crippen LogP contribution in [0.5, 0.6) is 5.75 Å². The minimum Gasteiger partial charge on any atom is -0.491 e. The molecule has 40 heavy (non-hydrogen) atoms. The van der Waals surface area contributed by atoms with Gasteiger partial charge in [-0.3, -0.25) is 0 Å². The Morgan fingerprint density at radius 1 is 1.18 bits per heavy atom. The lowest BCUT2D eigenvalue weighted by Crippen LogP contribution is -2.44. The Labute approximate surface area is 238 Å². The molecule has 1 atom stereocenters. The first-order valence-electron chi connectivity index (χ1n) is 13.9. The molecule has 1 N–H and O–H groups in total. The zero-order valence-electron chi connectivity index (χ0n) is 24.8. The lowest BCUT2D eigenvalue weighted by atomic mass is 10.0. The third-order valence-corrected chi connectivity index (χ3v) is 12.4. The lowest BCUT2D eigenvalue weighted by molar-refractivity contribution is 0.0699. The molecule has 10 heteroatoms. The van der Waals surface area contributed by atoms with Crippen molar-refractivity contribution in [2.24, 2.45) is 5.92 Å². The van der Waals surface area contributed by atoms with Crippen LogP contribution in [0.15, 0.2) is 28.8 Å². The lowest BCUT2D eigenvalue weighted by Gasteiger charge is -2.38. The highest BCUT2D eigenvalue weighted by atomic mass is 28.4. The van der Waals surface area contributed by atoms with Gasteiger partial charge in [0.05, 0.1) is 17.4 Å². The summed E-state index contributed by atoms with van der Waals surface area (Å²) in [6.07, 6.45) is 1.54. The number of anilines is 1. The molecule has 2 aromatic heterocycles. The number of aryl methyl sites for hydroxylation is 2. The van der Waals surface area contributed by atoms with Crippen LogP contribution in [0, 0.1) is 32.5 Å². The maximum atomic E-state index is 15.8. The zero-order valence-corrected chi connectivity index (χ0v) is 25.8. The van der Waals surface area contributed by atoms with E-state index in [0.29, 0.717) is 53.2 Å². The van der Waals surface area contributed by atoms with E-state index in [1.807, 2.05) is 24.3 Å². The average molecular weight is 570 g/mol. The average Bonchev–Trinajstić information content (AvgIpc) is 3.24. The summed E-state index contributed by atoms with van der Waals surface area (Å²) in [5.74, 6) is 1.51. The molecule has 3 aromatic rings. The number of halogens is 1. The van der Waals surface area contributed by atoms with Gasteiger partial charge < -0.3 is 23.7 Å². The monoisotopic (exact) mass is 569 g/mol. The van der Waals surface area contributed by atoms with E-state index < -0.39 is 14.1 Å². The first-order chi connectivity index (χ1) is 18.9. The van der Waals surface area contributed by atoms with E-state index in [0.717, 1.165) is 26.1 Å². The van der Waals surface area contributed by atoms with Crippen LogP contribution in [0.2, 0.25) is 18.1 Å². The molecule has 0 aliphatic carbocycles. The van der Waals surface area contributed by atoms with Gasteiger partial charge >= 0.3 is 0 Å². The predicted octanol–water partition coefficient (Wildman–Crippen LogP) is 7.00. The Hall–Kier alpha value is -2.82. The Bertz CT molecular complexity index is 1280. The Morgan fingerprint density at radius 2 is 1.90 bits per heavy atom. The first kappa shape index (κ1) is 30.1. The van der Waals surface area contributed by atoms with Crippen LogP contribution < -0.4 is 10.1 Å². The largest absolute Gasteiger partial charge is 0.491 e. The fraction of sp³-hybridized carbons (Fsp3) is 0.533. The molecule has 1 aromatic carbocycles. The highest BCUT2D eigenvalue weighted by Gasteiger charge is 2.38. The van der Waals surface area contributed by atoms with E-state index in [9.17, 15) is 0 Å². The topological polar surface area (TPSA) is 91.5 Å². The molecule has 0 amide bonds. The smallest absolute Gasteiger partial charge is 0.192 e. The van der Waals surface area contributed by atoms with Crippen LogP contribution in [0.3, 0.4) is 0 Å². The molecule has 1 aliphatic rings. The van der Waals surface area contributed by atoms with Gasteiger partial charge in [-0.25, -0.2) is 14.4 Å². The maximum Gasteiger partial charge on any atom is 0.192 e. The van der Waals surface area contributed by atoms with Crippen LogP contribution in [0.4, 0.5) is 10.2 Å². The molecule has 217 valence electrons. The fourth-order valence-electron chi connectivity index (χ4n) is 4.41. The summed E-state index contributed by atoms with van der Waals surface area (Å²) in [5, 5.41) is 7.33. The SMILES string of the molecule is [CH2]C(COc1cccc(-c2nc(NCC3CCOCC3)c(F)c(-c3c(C)noc3C)n2)c1)O[Si](C)(C)C(C)(C)C. The summed E-state index contributed by atoms with van der Waals surface area (Å²) in [6.45, 7) is 21.0. The van der Waals surface area contributed by atoms with E-state index in [1.54, 1.807) is 13.8 Å². The number of benzene rings is 1. The Morgan fingerprint density at radius 3 is 2.55 bits per heavy atom. The number of aromatic nitrogens is 3. The van der Waals surface area contributed by atoms with Crippen molar-refractivity contribution in [3.05, 3.63) is 48.5 Å². The second-order valence-corrected chi connectivity index (χ2v) is 16.8. The normalized spacial score (nSPS) is 15.7. The van der Waals surface area contributed by atoms with Gasteiger partial charge in [-0.2, -0.15) is 0 Å². The number of hydrogen-bond acceptors (Lipinski definition) is 8. The van der Waals surface area contributed by atoms with Gasteiger partial charge in [0.25, 0.3) is 0 Å². The molecule has 0 saturated carbocycles. The second kappa shape index (κ2) is 12.4. The molecular formula is C30H42FN4O4Si. The summed E-state index contributed by atoms with van der Waals surface area (Å²) in [7, 11) is -1.97. The summed E-state index contributed by atoms with van der Waals surface area (Å²) < 4.78 is 39.0. The van der Waals surface area contributed by atoms with Gasteiger partial charge in [0.2, 0.25) is 0 Å². The predicted molar refractivity (Wildman–Crippen MR) is 157 cm³/mol. The van der Waals surface area contributed by atoms with Crippen molar-refractivity contribution in [2.75, 3.05) is 31.7 Å². The van der Waals surface area contributed by atoms with Crippen LogP contribution in [0.25, 0.3) is 22.6 Å². The number of hydrogen-bond donors (Lipinski definition) is 1. The third-order valence-electron chi connectivity index (χ3n) is 7.82. The number of ether oxygens (including phenoxy) is 2. The van der Waals surface area contributed by atoms with Crippen LogP contribution in [0.1, 0.15) is 45.1 Å². The summed E-state index contributed by atoms with van der Waals surface area (Å²) in [5.41, 5.74) is 1.95. The molecule has 3 heterocycles. The molecular weight excluding hydrogens is 527 g/mol. The molecule has 1 fully saturated rings. The number of nitrogens with zero attached hydrogens (tertiary/aromatic N) is 3. The fourth-order valence-corrected chi connectivity index (χ4v) is 5.67. The van der Waals surface area contributed by atoms with Crippen molar-refractivity contribution in [1.82, 2.24) is 15.1 Å². The maximum absolute atomic E-state index is 15.8. The minimum absolute atomic E-state index is 0.0816. The molecule has 4 rings (SSSR count). The van der Waals surface area contributed by atoms with Crippen molar-refractivity contribution < 1.29 is 22.8 Å². The zero-order chi connectivity index (χ0) is 29.1. The molecule has 1 saturated heterocycles. The van der Waals surface area contributed by atoms with Gasteiger partial charge in [0.15, 0.2) is 25.8 Å². The molecule has 8 nitrogen and oxygen atoms in total. The third kappa shape index (κ3) is 7.08. The molecule has 0 spiro atoms. The highest BCUT2D eigenvalue weighted by molar-refractivity contribution is 6.74. The van der Waals surface area contributed by atoms with Gasteiger partial charge in [0.1, 0.15) is 23.8 Å². The van der Waals surface area contributed by atoms with Crippen molar-refractivity contribution in [2.45, 2.75) is 71.7 Å². The van der Waals surface area contributed by atoms with E-state index in [-0.39, 0.29) is 22.7 Å². The standard InChI is InChI=1S/C30H42FN4O4Si/c1-19(39-40(7,8)30(4,5)6)18-37-24-11-9-10-23(16-24)28-33-27(25-20(2)35-38-21(25)3)26(31)29(34-28)32-17-22-12-14-36-15-13-22/h9-11,16,19,22H,1,12-15,17-18H2,2-8H3,(H,32,33,34). The van der Waals surface area contributed by atoms with Gasteiger partial charge in [-0.05, 0) is 69.8 Å². The van der Waals surface area contributed by atoms with E-state index >= 15 is 4.39 Å². The van der Waals surface area contributed by atoms with Gasteiger partial charge in [-0.1, -0.05) is 38.1 Å². The molecule has 1 radical (unpaired) electrons. The van der Waals surface area contributed by atoms with E-state index in [1.165, 1.54) is 0 Å². The molecule has 1 aliphatic heterocycles. The Balaban J connectivity index is 1.60. The van der Waals surface area contributed by atoms with Crippen molar-refractivity contribution in [3.8, 4) is 28.4 Å². The van der Waals surface area contributed by atoms with Crippen molar-refractivity contribution in [3.63, 3.8) is 0 Å². The van der Waals surface area contributed by atoms with Crippen LogP contribution >= 0.6 is 0 Å². The van der Waals surface area contributed by atoms with Crippen LogP contribution in [-0.4, -0.2) is 55.9 Å². The Kier molecular flexibility index (Phi) is 9.32. The number of rotatable bonds is 10.